The molecule has 0 saturated heterocycles. The number of hydrogen-bond acceptors (Lipinski definition) is 2. The maximum atomic E-state index is 9.23. The maximum absolute atomic E-state index is 9.23. The monoisotopic (exact) mass is 323 g/mol. The van der Waals surface area contributed by atoms with E-state index in [1.54, 1.807) is 0 Å². The average Bonchev–Trinajstić information content (AvgIpc) is 3.19. The van der Waals surface area contributed by atoms with Gasteiger partial charge in [0.15, 0.2) is 0 Å². The minimum Gasteiger partial charge on any atom is -0.350 e. The second kappa shape index (κ2) is 7.40. The Kier molecular flexibility index (Phi) is 5.26. The Hall–Kier alpha value is -1.79. The molecule has 24 heavy (non-hydrogen) atoms. The van der Waals surface area contributed by atoms with E-state index in [0.29, 0.717) is 5.92 Å². The van der Waals surface area contributed by atoms with Crippen molar-refractivity contribution in [2.45, 2.75) is 57.9 Å². The summed E-state index contributed by atoms with van der Waals surface area (Å²) >= 11 is 0. The van der Waals surface area contributed by atoms with Gasteiger partial charge in [-0.1, -0.05) is 13.8 Å². The highest BCUT2D eigenvalue weighted by Gasteiger charge is 2.31. The molecule has 0 aliphatic heterocycles. The quantitative estimate of drug-likeness (QED) is 0.764. The summed E-state index contributed by atoms with van der Waals surface area (Å²) in [7, 11) is 2.12. The normalized spacial score (nSPS) is 20.8. The Labute approximate surface area is 145 Å². The summed E-state index contributed by atoms with van der Waals surface area (Å²) in [5.41, 5.74) is 3.45. The van der Waals surface area contributed by atoms with Gasteiger partial charge >= 0.3 is 0 Å². The molecule has 0 radical (unpaired) electrons. The molecule has 1 fully saturated rings. The molecular formula is C21H29N3. The molecule has 0 N–H and O–H groups in total. The third-order valence-electron chi connectivity index (χ3n) is 5.53. The molecule has 1 aliphatic rings. The van der Waals surface area contributed by atoms with Crippen LogP contribution in [0.2, 0.25) is 0 Å². The first-order valence-electron chi connectivity index (χ1n) is 9.41. The van der Waals surface area contributed by atoms with Crippen LogP contribution >= 0.6 is 0 Å². The zero-order valence-electron chi connectivity index (χ0n) is 15.3. The van der Waals surface area contributed by atoms with Gasteiger partial charge < -0.3 is 9.47 Å². The summed E-state index contributed by atoms with van der Waals surface area (Å²) in [5, 5.41) is 10.5. The van der Waals surface area contributed by atoms with Crippen molar-refractivity contribution in [1.29, 1.82) is 5.26 Å². The summed E-state index contributed by atoms with van der Waals surface area (Å²) in [6.45, 7) is 7.01. The number of rotatable bonds is 6. The zero-order chi connectivity index (χ0) is 17.1. The summed E-state index contributed by atoms with van der Waals surface area (Å²) in [5.74, 6) is 0.629. The lowest BCUT2D eigenvalue weighted by Crippen LogP contribution is -2.34. The molecule has 3 rings (SSSR count). The Morgan fingerprint density at radius 2 is 1.96 bits per heavy atom. The molecule has 128 valence electrons. The molecule has 0 bridgehead atoms. The van der Waals surface area contributed by atoms with E-state index in [1.165, 1.54) is 61.7 Å². The fourth-order valence-corrected chi connectivity index (χ4v) is 4.44. The molecule has 2 aromatic rings. The van der Waals surface area contributed by atoms with Crippen molar-refractivity contribution >= 4 is 10.9 Å². The van der Waals surface area contributed by atoms with Crippen LogP contribution < -0.4 is 0 Å². The highest BCUT2D eigenvalue weighted by atomic mass is 15.2. The first kappa shape index (κ1) is 17.0. The van der Waals surface area contributed by atoms with Gasteiger partial charge in [-0.25, -0.2) is 0 Å². The van der Waals surface area contributed by atoms with Gasteiger partial charge in [-0.2, -0.15) is 5.26 Å². The Balaban J connectivity index is 1.85. The van der Waals surface area contributed by atoms with E-state index in [2.05, 4.69) is 54.8 Å². The first-order valence-corrected chi connectivity index (χ1v) is 9.41. The molecule has 1 aromatic heterocycles. The summed E-state index contributed by atoms with van der Waals surface area (Å²) < 4.78 is 2.22. The number of hydrogen-bond donors (Lipinski definition) is 0. The van der Waals surface area contributed by atoms with Crippen LogP contribution in [0.1, 0.15) is 63.0 Å². The van der Waals surface area contributed by atoms with Crippen LogP contribution in [0.15, 0.2) is 24.4 Å². The van der Waals surface area contributed by atoms with Gasteiger partial charge in [0, 0.05) is 30.2 Å². The van der Waals surface area contributed by atoms with E-state index in [4.69, 9.17) is 0 Å². The van der Waals surface area contributed by atoms with E-state index in [-0.39, 0.29) is 0 Å². The minimum atomic E-state index is 0.629. The zero-order valence-corrected chi connectivity index (χ0v) is 15.3. The minimum absolute atomic E-state index is 0.629. The van der Waals surface area contributed by atoms with Crippen molar-refractivity contribution in [3.8, 4) is 6.07 Å². The molecular weight excluding hydrogens is 294 g/mol. The van der Waals surface area contributed by atoms with Gasteiger partial charge in [-0.15, -0.1) is 0 Å². The van der Waals surface area contributed by atoms with E-state index in [1.807, 2.05) is 6.07 Å². The molecule has 1 aromatic carbocycles. The fourth-order valence-electron chi connectivity index (χ4n) is 4.44. The summed E-state index contributed by atoms with van der Waals surface area (Å²) in [6.07, 6.45) is 8.60. The molecule has 0 amide bonds. The largest absolute Gasteiger partial charge is 0.350 e. The van der Waals surface area contributed by atoms with E-state index >= 15 is 0 Å². The van der Waals surface area contributed by atoms with Crippen LogP contribution in [0.25, 0.3) is 10.9 Å². The van der Waals surface area contributed by atoms with Crippen molar-refractivity contribution in [1.82, 2.24) is 9.47 Å². The molecule has 2 unspecified atom stereocenters. The standard InChI is InChI=1S/C21H29N3/c1-4-10-24(11-5-2)18-8-7-17(13-18)20-15-23(3)21-9-6-16(14-22)12-19(20)21/h6,9,12,15,17-18H,4-5,7-8,10-11,13H2,1-3H3. The first-order chi connectivity index (χ1) is 11.7. The van der Waals surface area contributed by atoms with Crippen molar-refractivity contribution < 1.29 is 0 Å². The van der Waals surface area contributed by atoms with Gasteiger partial charge in [-0.05, 0) is 74.9 Å². The van der Waals surface area contributed by atoms with Crippen molar-refractivity contribution in [2.24, 2.45) is 7.05 Å². The highest BCUT2D eigenvalue weighted by molar-refractivity contribution is 5.85. The van der Waals surface area contributed by atoms with Gasteiger partial charge in [0.05, 0.1) is 11.6 Å². The van der Waals surface area contributed by atoms with Crippen molar-refractivity contribution in [3.05, 3.63) is 35.5 Å². The van der Waals surface area contributed by atoms with Gasteiger partial charge in [0.2, 0.25) is 0 Å². The van der Waals surface area contributed by atoms with E-state index in [0.717, 1.165) is 11.6 Å². The fraction of sp³-hybridized carbons (Fsp3) is 0.571. The predicted molar refractivity (Wildman–Crippen MR) is 100 cm³/mol. The van der Waals surface area contributed by atoms with Crippen molar-refractivity contribution in [3.63, 3.8) is 0 Å². The van der Waals surface area contributed by atoms with Gasteiger partial charge in [-0.3, -0.25) is 0 Å². The van der Waals surface area contributed by atoms with Crippen LogP contribution in [0, 0.1) is 11.3 Å². The average molecular weight is 323 g/mol. The number of nitrogens with zero attached hydrogens (tertiary/aromatic N) is 3. The van der Waals surface area contributed by atoms with E-state index in [9.17, 15) is 5.26 Å². The number of fused-ring (bicyclic) bond motifs is 1. The molecule has 3 nitrogen and oxygen atoms in total. The summed E-state index contributed by atoms with van der Waals surface area (Å²) in [6, 6.07) is 9.10. The van der Waals surface area contributed by atoms with Gasteiger partial charge in [0.25, 0.3) is 0 Å². The topological polar surface area (TPSA) is 32.0 Å². The number of aromatic nitrogens is 1. The Bertz CT molecular complexity index is 731. The summed E-state index contributed by atoms with van der Waals surface area (Å²) in [4.78, 5) is 2.70. The number of nitriles is 1. The molecule has 3 heteroatoms. The third-order valence-corrected chi connectivity index (χ3v) is 5.53. The Morgan fingerprint density at radius 3 is 2.62 bits per heavy atom. The Morgan fingerprint density at radius 1 is 1.21 bits per heavy atom. The van der Waals surface area contributed by atoms with E-state index < -0.39 is 0 Å². The predicted octanol–water partition coefficient (Wildman–Crippen LogP) is 4.81. The highest BCUT2D eigenvalue weighted by Crippen LogP contribution is 2.40. The maximum Gasteiger partial charge on any atom is 0.0991 e. The second-order valence-electron chi connectivity index (χ2n) is 7.24. The van der Waals surface area contributed by atoms with Crippen molar-refractivity contribution in [2.75, 3.05) is 13.1 Å². The van der Waals surface area contributed by atoms with Crippen LogP contribution in [0.4, 0.5) is 0 Å². The second-order valence-corrected chi connectivity index (χ2v) is 7.24. The van der Waals surface area contributed by atoms with Crippen LogP contribution in [0.3, 0.4) is 0 Å². The van der Waals surface area contributed by atoms with Crippen LogP contribution in [-0.4, -0.2) is 28.6 Å². The third kappa shape index (κ3) is 3.21. The smallest absolute Gasteiger partial charge is 0.0991 e. The lowest BCUT2D eigenvalue weighted by Gasteiger charge is -2.28. The lowest BCUT2D eigenvalue weighted by molar-refractivity contribution is 0.197. The van der Waals surface area contributed by atoms with Crippen LogP contribution in [0.5, 0.6) is 0 Å². The van der Waals surface area contributed by atoms with Gasteiger partial charge in [0.1, 0.15) is 0 Å². The molecule has 1 saturated carbocycles. The molecule has 1 heterocycles. The van der Waals surface area contributed by atoms with Crippen LogP contribution in [-0.2, 0) is 7.05 Å². The molecule has 0 spiro atoms. The number of benzene rings is 1. The number of aryl methyl sites for hydroxylation is 1. The molecule has 2 atom stereocenters. The SMILES string of the molecule is CCCN(CCC)C1CCC(c2cn(C)c3ccc(C#N)cc23)C1. The lowest BCUT2D eigenvalue weighted by atomic mass is 9.96. The molecule has 1 aliphatic carbocycles.